The van der Waals surface area contributed by atoms with E-state index >= 15 is 0 Å². The molecule has 5 amide bonds. The van der Waals surface area contributed by atoms with E-state index in [2.05, 4.69) is 27.8 Å². The lowest BCUT2D eigenvalue weighted by Gasteiger charge is -2.34. The number of ketones is 1. The minimum Gasteiger partial charge on any atom is -0.458 e. The normalized spacial score (nSPS) is 19.4. The van der Waals surface area contributed by atoms with Crippen LogP contribution in [0, 0.1) is 17.3 Å². The highest BCUT2D eigenvalue weighted by Crippen LogP contribution is 2.33. The Morgan fingerprint density at radius 1 is 0.960 bits per heavy atom. The van der Waals surface area contributed by atoms with Crippen molar-refractivity contribution in [2.75, 3.05) is 13.1 Å². The van der Waals surface area contributed by atoms with Gasteiger partial charge in [0.2, 0.25) is 17.6 Å². The number of amides is 5. The van der Waals surface area contributed by atoms with Crippen LogP contribution in [0.1, 0.15) is 92.2 Å². The molecule has 0 aromatic heterocycles. The SMILES string of the molecule is C=CCNC(=O)C(=O)C(CCC)NC(=O)[C@@H]1C[C@@H](CC)CN1C(=O)[C@@H](NC(=O)N[C@H](C(=O)OC(C)(C)C)C(C)(C)C)C1Cc2ccccc2C1. The maximum atomic E-state index is 14.6. The molecular weight excluding hydrogens is 638 g/mol. The number of carbonyl (C=O) groups is 6. The number of ether oxygens (including phenoxy) is 1. The summed E-state index contributed by atoms with van der Waals surface area (Å²) in [5, 5.41) is 10.9. The van der Waals surface area contributed by atoms with Gasteiger partial charge in [0.15, 0.2) is 0 Å². The van der Waals surface area contributed by atoms with Crippen LogP contribution in [-0.4, -0.2) is 83.3 Å². The molecule has 12 heteroatoms. The van der Waals surface area contributed by atoms with Crippen molar-refractivity contribution in [3.05, 3.63) is 48.0 Å². The third-order valence-corrected chi connectivity index (χ3v) is 9.28. The van der Waals surface area contributed by atoms with Gasteiger partial charge in [0, 0.05) is 13.1 Å². The molecule has 12 nitrogen and oxygen atoms in total. The molecular formula is C38H57N5O7. The molecule has 1 aromatic rings. The van der Waals surface area contributed by atoms with Gasteiger partial charge in [-0.2, -0.15) is 0 Å². The van der Waals surface area contributed by atoms with Crippen LogP contribution in [0.15, 0.2) is 36.9 Å². The summed E-state index contributed by atoms with van der Waals surface area (Å²) in [5.41, 5.74) is 0.683. The molecule has 50 heavy (non-hydrogen) atoms. The second kappa shape index (κ2) is 17.1. The predicted octanol–water partition coefficient (Wildman–Crippen LogP) is 3.61. The second-order valence-electron chi connectivity index (χ2n) is 15.6. The van der Waals surface area contributed by atoms with E-state index in [-0.39, 0.29) is 24.8 Å². The fraction of sp³-hybridized carbons (Fsp3) is 0.632. The standard InChI is InChI=1S/C38H57N5O7/c1-10-15-27(30(44)33(46)39-18-11-2)40-32(45)28-19-23(12-3)22-43(28)34(47)29(26-20-24-16-13-14-17-25(24)21-26)41-36(49)42-31(37(4,5)6)35(48)50-38(7,8)9/h11,13-14,16-17,23,26-29,31H,2,10,12,15,18-22H2,1,3-9H3,(H,39,46)(H,40,45)(H2,41,42,49)/t23-,27?,28+,29+,31-/m1/s1. The van der Waals surface area contributed by atoms with Crippen molar-refractivity contribution in [3.8, 4) is 0 Å². The van der Waals surface area contributed by atoms with Gasteiger partial charge in [0.1, 0.15) is 23.7 Å². The van der Waals surface area contributed by atoms with E-state index in [1.807, 2.05) is 58.9 Å². The zero-order valence-corrected chi connectivity index (χ0v) is 31.0. The molecule has 0 spiro atoms. The fourth-order valence-electron chi connectivity index (χ4n) is 6.64. The number of carbonyl (C=O) groups excluding carboxylic acids is 6. The number of hydrogen-bond acceptors (Lipinski definition) is 7. The number of fused-ring (bicyclic) bond motifs is 1. The van der Waals surface area contributed by atoms with Crippen LogP contribution in [0.2, 0.25) is 0 Å². The summed E-state index contributed by atoms with van der Waals surface area (Å²) >= 11 is 0. The lowest BCUT2D eigenvalue weighted by Crippen LogP contribution is -2.61. The largest absolute Gasteiger partial charge is 0.458 e. The zero-order valence-electron chi connectivity index (χ0n) is 31.0. The van der Waals surface area contributed by atoms with Crippen molar-refractivity contribution < 1.29 is 33.5 Å². The van der Waals surface area contributed by atoms with Gasteiger partial charge < -0.3 is 30.9 Å². The Hall–Kier alpha value is -4.22. The summed E-state index contributed by atoms with van der Waals surface area (Å²) in [5.74, 6) is -3.40. The first-order chi connectivity index (χ1) is 23.4. The number of Topliss-reactive ketones (excluding diaryl/α,β-unsaturated/α-hetero) is 1. The molecule has 1 unspecified atom stereocenters. The van der Waals surface area contributed by atoms with Gasteiger partial charge in [-0.1, -0.05) is 77.8 Å². The molecule has 1 heterocycles. The summed E-state index contributed by atoms with van der Waals surface area (Å²) in [6.45, 7) is 18.5. The van der Waals surface area contributed by atoms with Crippen LogP contribution >= 0.6 is 0 Å². The highest BCUT2D eigenvalue weighted by atomic mass is 16.6. The van der Waals surface area contributed by atoms with Gasteiger partial charge in [-0.3, -0.25) is 19.2 Å². The van der Waals surface area contributed by atoms with Crippen molar-refractivity contribution in [2.45, 2.75) is 124 Å². The summed E-state index contributed by atoms with van der Waals surface area (Å²) in [6.07, 6.45) is 4.41. The number of hydrogen-bond donors (Lipinski definition) is 4. The Morgan fingerprint density at radius 3 is 2.10 bits per heavy atom. The predicted molar refractivity (Wildman–Crippen MR) is 191 cm³/mol. The number of nitrogens with one attached hydrogen (secondary N) is 4. The summed E-state index contributed by atoms with van der Waals surface area (Å²) < 4.78 is 5.61. The first kappa shape index (κ1) is 40.2. The van der Waals surface area contributed by atoms with E-state index in [1.54, 1.807) is 20.8 Å². The Kier molecular flexibility index (Phi) is 13.8. The number of urea groups is 1. The summed E-state index contributed by atoms with van der Waals surface area (Å²) in [6, 6.07) is 3.19. The first-order valence-corrected chi connectivity index (χ1v) is 17.8. The topological polar surface area (TPSA) is 163 Å². The third-order valence-electron chi connectivity index (χ3n) is 9.28. The van der Waals surface area contributed by atoms with E-state index < -0.39 is 70.7 Å². The molecule has 4 N–H and O–H groups in total. The monoisotopic (exact) mass is 695 g/mol. The van der Waals surface area contributed by atoms with Gasteiger partial charge >= 0.3 is 12.0 Å². The Morgan fingerprint density at radius 2 is 1.58 bits per heavy atom. The molecule has 1 aliphatic carbocycles. The van der Waals surface area contributed by atoms with Crippen molar-refractivity contribution in [3.63, 3.8) is 0 Å². The zero-order chi connectivity index (χ0) is 37.4. The molecule has 3 rings (SSSR count). The van der Waals surface area contributed by atoms with Crippen molar-refractivity contribution in [2.24, 2.45) is 17.3 Å². The molecule has 0 bridgehead atoms. The summed E-state index contributed by atoms with van der Waals surface area (Å²) in [7, 11) is 0. The third kappa shape index (κ3) is 10.6. The second-order valence-corrected chi connectivity index (χ2v) is 15.6. The number of esters is 1. The number of benzene rings is 1. The molecule has 276 valence electrons. The maximum absolute atomic E-state index is 14.6. The van der Waals surface area contributed by atoms with Crippen LogP contribution in [0.3, 0.4) is 0 Å². The summed E-state index contributed by atoms with van der Waals surface area (Å²) in [4.78, 5) is 82.4. The number of nitrogens with zero attached hydrogens (tertiary/aromatic N) is 1. The minimum absolute atomic E-state index is 0.0126. The maximum Gasteiger partial charge on any atom is 0.329 e. The molecule has 1 saturated heterocycles. The molecule has 0 radical (unpaired) electrons. The lowest BCUT2D eigenvalue weighted by molar-refractivity contribution is -0.160. The van der Waals surface area contributed by atoms with Gasteiger partial charge in [-0.25, -0.2) is 9.59 Å². The van der Waals surface area contributed by atoms with E-state index in [1.165, 1.54) is 11.0 Å². The highest BCUT2D eigenvalue weighted by molar-refractivity contribution is 6.38. The smallest absolute Gasteiger partial charge is 0.329 e. The minimum atomic E-state index is -1.05. The molecule has 1 fully saturated rings. The van der Waals surface area contributed by atoms with Crippen molar-refractivity contribution >= 4 is 35.5 Å². The Balaban J connectivity index is 1.91. The van der Waals surface area contributed by atoms with E-state index in [0.29, 0.717) is 38.6 Å². The number of rotatable bonds is 14. The van der Waals surface area contributed by atoms with Gasteiger partial charge in [0.05, 0.1) is 6.04 Å². The molecule has 1 aliphatic heterocycles. The fourth-order valence-corrected chi connectivity index (χ4v) is 6.64. The van der Waals surface area contributed by atoms with E-state index in [4.69, 9.17) is 4.74 Å². The quantitative estimate of drug-likeness (QED) is 0.131. The van der Waals surface area contributed by atoms with Crippen molar-refractivity contribution in [1.29, 1.82) is 0 Å². The van der Waals surface area contributed by atoms with E-state index in [0.717, 1.165) is 11.1 Å². The first-order valence-electron chi connectivity index (χ1n) is 17.8. The number of likely N-dealkylation sites (tertiary alicyclic amines) is 1. The van der Waals surface area contributed by atoms with Crippen molar-refractivity contribution in [1.82, 2.24) is 26.2 Å². The van der Waals surface area contributed by atoms with Gasteiger partial charge in [0.25, 0.3) is 5.91 Å². The molecule has 2 aliphatic rings. The Labute approximate surface area is 296 Å². The van der Waals surface area contributed by atoms with Crippen LogP contribution in [0.25, 0.3) is 0 Å². The van der Waals surface area contributed by atoms with Crippen LogP contribution in [0.5, 0.6) is 0 Å². The van der Waals surface area contributed by atoms with Gasteiger partial charge in [-0.05, 0) is 74.8 Å². The molecule has 1 aromatic carbocycles. The van der Waals surface area contributed by atoms with E-state index in [9.17, 15) is 28.8 Å². The van der Waals surface area contributed by atoms with Gasteiger partial charge in [-0.15, -0.1) is 6.58 Å². The highest BCUT2D eigenvalue weighted by Gasteiger charge is 2.46. The average Bonchev–Trinajstić information content (AvgIpc) is 3.67. The Bertz CT molecular complexity index is 1400. The van der Waals surface area contributed by atoms with Crippen LogP contribution < -0.4 is 21.3 Å². The molecule has 5 atom stereocenters. The molecule has 0 saturated carbocycles. The van der Waals surface area contributed by atoms with Crippen LogP contribution in [-0.2, 0) is 41.6 Å². The average molecular weight is 696 g/mol. The van der Waals surface area contributed by atoms with Crippen LogP contribution in [0.4, 0.5) is 4.79 Å². The lowest BCUT2D eigenvalue weighted by atomic mass is 9.86.